The van der Waals surface area contributed by atoms with Gasteiger partial charge in [-0.15, -0.1) is 0 Å². The maximum Gasteiger partial charge on any atom is 0.416 e. The summed E-state index contributed by atoms with van der Waals surface area (Å²) in [5.41, 5.74) is -0.787. The van der Waals surface area contributed by atoms with Crippen LogP contribution in [-0.2, 0) is 16.2 Å². The summed E-state index contributed by atoms with van der Waals surface area (Å²) in [6, 6.07) is 3.77. The van der Waals surface area contributed by atoms with Gasteiger partial charge in [0, 0.05) is 25.2 Å². The van der Waals surface area contributed by atoms with Crippen molar-refractivity contribution in [1.82, 2.24) is 9.62 Å². The van der Waals surface area contributed by atoms with E-state index in [9.17, 15) is 26.4 Å². The Kier molecular flexibility index (Phi) is 5.87. The zero-order valence-electron chi connectivity index (χ0n) is 13.0. The number of amides is 1. The summed E-state index contributed by atoms with van der Waals surface area (Å²) >= 11 is 0. The molecule has 5 nitrogen and oxygen atoms in total. The first-order valence-electron chi connectivity index (χ1n) is 7.63. The second-order valence-corrected chi connectivity index (χ2v) is 7.70. The molecule has 1 amide bonds. The fraction of sp³-hybridized carbons (Fsp3) is 0.533. The number of hydrogen-bond donors (Lipinski definition) is 1. The molecule has 1 aliphatic heterocycles. The van der Waals surface area contributed by atoms with E-state index in [-0.39, 0.29) is 17.9 Å². The van der Waals surface area contributed by atoms with Gasteiger partial charge in [0.1, 0.15) is 0 Å². The number of piperidine rings is 1. The Labute approximate surface area is 138 Å². The van der Waals surface area contributed by atoms with Gasteiger partial charge >= 0.3 is 6.18 Å². The standard InChI is InChI=1S/C15H19F3N2O3S/c16-15(17,18)13-6-4-12(5-7-13)14(21)19-8-11-24(22,23)20-9-2-1-3-10-20/h4-7H,1-3,8-11H2,(H,19,21). The van der Waals surface area contributed by atoms with Crippen molar-refractivity contribution in [2.45, 2.75) is 25.4 Å². The number of sulfonamides is 1. The van der Waals surface area contributed by atoms with E-state index >= 15 is 0 Å². The Morgan fingerprint density at radius 1 is 1.08 bits per heavy atom. The molecule has 0 atom stereocenters. The minimum Gasteiger partial charge on any atom is -0.351 e. The summed E-state index contributed by atoms with van der Waals surface area (Å²) in [5, 5.41) is 2.43. The fourth-order valence-electron chi connectivity index (χ4n) is 2.48. The lowest BCUT2D eigenvalue weighted by Crippen LogP contribution is -2.40. The van der Waals surface area contributed by atoms with Crippen LogP contribution in [0.15, 0.2) is 24.3 Å². The fourth-order valence-corrected chi connectivity index (χ4v) is 3.91. The van der Waals surface area contributed by atoms with Gasteiger partial charge in [-0.2, -0.15) is 13.2 Å². The first kappa shape index (κ1) is 18.7. The van der Waals surface area contributed by atoms with E-state index in [1.165, 1.54) is 4.31 Å². The van der Waals surface area contributed by atoms with Crippen LogP contribution in [0.3, 0.4) is 0 Å². The topological polar surface area (TPSA) is 66.5 Å². The minimum absolute atomic E-state index is 0.0540. The van der Waals surface area contributed by atoms with Gasteiger partial charge in [-0.05, 0) is 37.1 Å². The first-order chi connectivity index (χ1) is 11.2. The van der Waals surface area contributed by atoms with E-state index in [0.717, 1.165) is 43.5 Å². The summed E-state index contributed by atoms with van der Waals surface area (Å²) < 4.78 is 63.0. The predicted molar refractivity (Wildman–Crippen MR) is 83.0 cm³/mol. The molecular weight excluding hydrogens is 345 g/mol. The molecule has 1 saturated heterocycles. The average molecular weight is 364 g/mol. The van der Waals surface area contributed by atoms with Crippen LogP contribution in [0, 0.1) is 0 Å². The number of alkyl halides is 3. The van der Waals surface area contributed by atoms with Gasteiger partial charge in [0.05, 0.1) is 11.3 Å². The molecule has 1 heterocycles. The van der Waals surface area contributed by atoms with Crippen LogP contribution in [0.2, 0.25) is 0 Å². The molecule has 1 aromatic carbocycles. The monoisotopic (exact) mass is 364 g/mol. The van der Waals surface area contributed by atoms with Crippen LogP contribution < -0.4 is 5.32 Å². The highest BCUT2D eigenvalue weighted by Gasteiger charge is 2.30. The maximum atomic E-state index is 12.5. The van der Waals surface area contributed by atoms with Crippen molar-refractivity contribution >= 4 is 15.9 Å². The normalized spacial score (nSPS) is 16.8. The molecule has 134 valence electrons. The highest BCUT2D eigenvalue weighted by atomic mass is 32.2. The lowest BCUT2D eigenvalue weighted by atomic mass is 10.1. The molecule has 0 bridgehead atoms. The quantitative estimate of drug-likeness (QED) is 0.872. The molecule has 9 heteroatoms. The average Bonchev–Trinajstić information content (AvgIpc) is 2.55. The lowest BCUT2D eigenvalue weighted by molar-refractivity contribution is -0.137. The van der Waals surface area contributed by atoms with E-state index < -0.39 is 27.7 Å². The smallest absolute Gasteiger partial charge is 0.351 e. The molecule has 2 rings (SSSR count). The Bertz CT molecular complexity index is 666. The molecule has 0 unspecified atom stereocenters. The van der Waals surface area contributed by atoms with Crippen LogP contribution in [0.1, 0.15) is 35.2 Å². The number of carbonyl (C=O) groups is 1. The van der Waals surface area contributed by atoms with Gasteiger partial charge in [-0.25, -0.2) is 12.7 Å². The number of hydrogen-bond acceptors (Lipinski definition) is 3. The van der Waals surface area contributed by atoms with Gasteiger partial charge in [0.2, 0.25) is 10.0 Å². The Hall–Kier alpha value is -1.61. The summed E-state index contributed by atoms with van der Waals surface area (Å²) in [4.78, 5) is 11.9. The van der Waals surface area contributed by atoms with Gasteiger partial charge < -0.3 is 5.32 Å². The molecule has 0 aromatic heterocycles. The van der Waals surface area contributed by atoms with E-state index in [4.69, 9.17) is 0 Å². The van der Waals surface area contributed by atoms with Gasteiger partial charge in [0.25, 0.3) is 5.91 Å². The highest BCUT2D eigenvalue weighted by Crippen LogP contribution is 2.29. The molecule has 1 N–H and O–H groups in total. The SMILES string of the molecule is O=C(NCCS(=O)(=O)N1CCCCC1)c1ccc(C(F)(F)F)cc1. The summed E-state index contributed by atoms with van der Waals surface area (Å²) in [6.45, 7) is 0.906. The van der Waals surface area contributed by atoms with Crippen molar-refractivity contribution in [3.63, 3.8) is 0 Å². The van der Waals surface area contributed by atoms with Gasteiger partial charge in [-0.3, -0.25) is 4.79 Å². The molecule has 1 aliphatic rings. The first-order valence-corrected chi connectivity index (χ1v) is 9.24. The second-order valence-electron chi connectivity index (χ2n) is 5.61. The number of carbonyl (C=O) groups excluding carboxylic acids is 1. The Morgan fingerprint density at radius 3 is 2.21 bits per heavy atom. The number of halogens is 3. The van der Waals surface area contributed by atoms with Crippen molar-refractivity contribution in [3.8, 4) is 0 Å². The Balaban J connectivity index is 1.86. The van der Waals surface area contributed by atoms with Crippen LogP contribution in [0.5, 0.6) is 0 Å². The summed E-state index contributed by atoms with van der Waals surface area (Å²) in [7, 11) is -3.42. The van der Waals surface area contributed by atoms with Gasteiger partial charge in [0.15, 0.2) is 0 Å². The van der Waals surface area contributed by atoms with Crippen LogP contribution >= 0.6 is 0 Å². The third kappa shape index (κ3) is 4.94. The molecule has 1 aromatic rings. The van der Waals surface area contributed by atoms with E-state index in [1.807, 2.05) is 0 Å². The van der Waals surface area contributed by atoms with Crippen LogP contribution in [0.25, 0.3) is 0 Å². The minimum atomic E-state index is -4.46. The third-order valence-electron chi connectivity index (χ3n) is 3.83. The largest absolute Gasteiger partial charge is 0.416 e. The van der Waals surface area contributed by atoms with Crippen molar-refractivity contribution in [2.75, 3.05) is 25.4 Å². The highest BCUT2D eigenvalue weighted by molar-refractivity contribution is 7.89. The third-order valence-corrected chi connectivity index (χ3v) is 5.70. The number of benzene rings is 1. The maximum absolute atomic E-state index is 12.5. The molecule has 1 fully saturated rings. The molecule has 0 saturated carbocycles. The van der Waals surface area contributed by atoms with Crippen molar-refractivity contribution in [1.29, 1.82) is 0 Å². The summed E-state index contributed by atoms with van der Waals surface area (Å²) in [5.74, 6) is -0.822. The second kappa shape index (κ2) is 7.52. The van der Waals surface area contributed by atoms with Gasteiger partial charge in [-0.1, -0.05) is 6.42 Å². The summed E-state index contributed by atoms with van der Waals surface area (Å²) in [6.07, 6.45) is -1.79. The zero-order chi connectivity index (χ0) is 17.8. The molecule has 0 aliphatic carbocycles. The number of nitrogens with zero attached hydrogens (tertiary/aromatic N) is 1. The van der Waals surface area contributed by atoms with Crippen molar-refractivity contribution in [2.24, 2.45) is 0 Å². The zero-order valence-corrected chi connectivity index (χ0v) is 13.8. The number of rotatable bonds is 5. The molecular formula is C15H19F3N2O3S. The van der Waals surface area contributed by atoms with Crippen LogP contribution in [-0.4, -0.2) is 44.0 Å². The van der Waals surface area contributed by atoms with Crippen LogP contribution in [0.4, 0.5) is 13.2 Å². The van der Waals surface area contributed by atoms with Crippen molar-refractivity contribution < 1.29 is 26.4 Å². The van der Waals surface area contributed by atoms with E-state index in [2.05, 4.69) is 5.32 Å². The molecule has 24 heavy (non-hydrogen) atoms. The Morgan fingerprint density at radius 2 is 1.67 bits per heavy atom. The predicted octanol–water partition coefficient (Wildman–Crippen LogP) is 2.25. The molecule has 0 spiro atoms. The number of nitrogens with one attached hydrogen (secondary N) is 1. The van der Waals surface area contributed by atoms with E-state index in [0.29, 0.717) is 13.1 Å². The molecule has 0 radical (unpaired) electrons. The van der Waals surface area contributed by atoms with Crippen molar-refractivity contribution in [3.05, 3.63) is 35.4 Å². The lowest BCUT2D eigenvalue weighted by Gasteiger charge is -2.25. The van der Waals surface area contributed by atoms with E-state index in [1.54, 1.807) is 0 Å².